The number of hydrogen-bond donors (Lipinski definition) is 1. The normalized spacial score (nSPS) is 15.2. The monoisotopic (exact) mass is 364 g/mol. The maximum absolute atomic E-state index is 13.2. The Labute approximate surface area is 157 Å². The van der Waals surface area contributed by atoms with Crippen LogP contribution in [0.5, 0.6) is 0 Å². The molecule has 2 heterocycles. The Morgan fingerprint density at radius 3 is 2.15 bits per heavy atom. The topological polar surface area (TPSA) is 37.6 Å². The molecule has 0 unspecified atom stereocenters. The van der Waals surface area contributed by atoms with Crippen molar-refractivity contribution in [1.82, 2.24) is 9.88 Å². The molecule has 3 aromatic rings. The van der Waals surface area contributed by atoms with Crippen LogP contribution in [0.15, 0.2) is 60.7 Å². The number of carbonyl (C=O) groups is 1. The van der Waals surface area contributed by atoms with Crippen LogP contribution in [0.4, 0.5) is 0 Å². The van der Waals surface area contributed by atoms with E-state index in [1.165, 1.54) is 16.2 Å². The third kappa shape index (κ3) is 3.41. The van der Waals surface area contributed by atoms with Crippen molar-refractivity contribution >= 4 is 17.2 Å². The second-order valence-electron chi connectivity index (χ2n) is 6.68. The van der Waals surface area contributed by atoms with E-state index in [1.807, 2.05) is 65.6 Å². The molecule has 0 saturated carbocycles. The van der Waals surface area contributed by atoms with Crippen molar-refractivity contribution in [2.45, 2.75) is 0 Å². The summed E-state index contributed by atoms with van der Waals surface area (Å²) in [6.07, 6.45) is 0. The van der Waals surface area contributed by atoms with E-state index in [-0.39, 0.29) is 5.91 Å². The van der Waals surface area contributed by atoms with Crippen molar-refractivity contribution < 1.29 is 9.69 Å². The quantitative estimate of drug-likeness (QED) is 0.775. The predicted octanol–water partition coefficient (Wildman–Crippen LogP) is 2.45. The summed E-state index contributed by atoms with van der Waals surface area (Å²) in [6, 6.07) is 20.1. The lowest BCUT2D eigenvalue weighted by Crippen LogP contribution is -3.12. The second kappa shape index (κ2) is 7.40. The van der Waals surface area contributed by atoms with Gasteiger partial charge in [-0.05, 0) is 0 Å². The van der Waals surface area contributed by atoms with E-state index in [4.69, 9.17) is 4.98 Å². The smallest absolute Gasteiger partial charge is 0.266 e. The lowest BCUT2D eigenvalue weighted by Gasteiger charge is -2.29. The first-order chi connectivity index (χ1) is 12.7. The first-order valence-corrected chi connectivity index (χ1v) is 9.76. The van der Waals surface area contributed by atoms with Gasteiger partial charge in [0.05, 0.1) is 38.9 Å². The lowest BCUT2D eigenvalue weighted by atomic mass is 10.1. The molecule has 0 bridgehead atoms. The molecule has 4 nitrogen and oxygen atoms in total. The van der Waals surface area contributed by atoms with Crippen molar-refractivity contribution in [3.8, 4) is 21.8 Å². The zero-order valence-electron chi connectivity index (χ0n) is 14.8. The third-order valence-corrected chi connectivity index (χ3v) is 5.89. The minimum absolute atomic E-state index is 0.107. The van der Waals surface area contributed by atoms with E-state index in [0.717, 1.165) is 52.9 Å². The van der Waals surface area contributed by atoms with E-state index in [0.29, 0.717) is 0 Å². The highest BCUT2D eigenvalue weighted by molar-refractivity contribution is 7.17. The fraction of sp³-hybridized carbons (Fsp3) is 0.238. The molecule has 1 saturated heterocycles. The van der Waals surface area contributed by atoms with Crippen LogP contribution in [0.3, 0.4) is 0 Å². The molecule has 2 aromatic carbocycles. The Kier molecular flexibility index (Phi) is 4.82. The molecule has 0 radical (unpaired) electrons. The average Bonchev–Trinajstić information content (AvgIpc) is 3.15. The summed E-state index contributed by atoms with van der Waals surface area (Å²) < 4.78 is 0. The van der Waals surface area contributed by atoms with Crippen LogP contribution < -0.4 is 4.90 Å². The lowest BCUT2D eigenvalue weighted by molar-refractivity contribution is -0.883. The Morgan fingerprint density at radius 2 is 1.54 bits per heavy atom. The fourth-order valence-corrected chi connectivity index (χ4v) is 4.26. The highest BCUT2D eigenvalue weighted by Crippen LogP contribution is 2.34. The van der Waals surface area contributed by atoms with Crippen molar-refractivity contribution in [2.24, 2.45) is 0 Å². The van der Waals surface area contributed by atoms with Gasteiger partial charge in [0.15, 0.2) is 0 Å². The van der Waals surface area contributed by atoms with Gasteiger partial charge in [0.25, 0.3) is 5.91 Å². The van der Waals surface area contributed by atoms with Gasteiger partial charge < -0.3 is 9.80 Å². The van der Waals surface area contributed by atoms with Gasteiger partial charge in [-0.25, -0.2) is 4.98 Å². The molecule has 1 aromatic heterocycles. The zero-order chi connectivity index (χ0) is 17.9. The van der Waals surface area contributed by atoms with Gasteiger partial charge in [-0.3, -0.25) is 4.79 Å². The van der Waals surface area contributed by atoms with Gasteiger partial charge >= 0.3 is 0 Å². The molecule has 1 fully saturated rings. The SMILES string of the molecule is C[NH+]1CCN(C(=O)c2sc(-c3ccccc3)nc2-c2ccccc2)CC1. The number of hydrogen-bond acceptors (Lipinski definition) is 3. The zero-order valence-corrected chi connectivity index (χ0v) is 15.6. The van der Waals surface area contributed by atoms with Gasteiger partial charge in [0, 0.05) is 11.1 Å². The summed E-state index contributed by atoms with van der Waals surface area (Å²) >= 11 is 1.50. The molecule has 1 aliphatic heterocycles. The van der Waals surface area contributed by atoms with Crippen molar-refractivity contribution in [2.75, 3.05) is 33.2 Å². The Morgan fingerprint density at radius 1 is 0.962 bits per heavy atom. The molecular formula is C21H22N3OS+. The third-order valence-electron chi connectivity index (χ3n) is 4.79. The van der Waals surface area contributed by atoms with Crippen LogP contribution in [-0.2, 0) is 0 Å². The predicted molar refractivity (Wildman–Crippen MR) is 106 cm³/mol. The van der Waals surface area contributed by atoms with Gasteiger partial charge in [-0.2, -0.15) is 0 Å². The number of thiazole rings is 1. The first-order valence-electron chi connectivity index (χ1n) is 8.94. The van der Waals surface area contributed by atoms with E-state index >= 15 is 0 Å². The number of rotatable bonds is 3. The number of nitrogens with zero attached hydrogens (tertiary/aromatic N) is 2. The molecule has 0 spiro atoms. The maximum Gasteiger partial charge on any atom is 0.266 e. The number of amides is 1. The van der Waals surface area contributed by atoms with Crippen molar-refractivity contribution in [3.63, 3.8) is 0 Å². The van der Waals surface area contributed by atoms with Crippen LogP contribution in [0.1, 0.15) is 9.67 Å². The number of quaternary nitrogens is 1. The van der Waals surface area contributed by atoms with E-state index < -0.39 is 0 Å². The summed E-state index contributed by atoms with van der Waals surface area (Å²) in [5, 5.41) is 0.896. The van der Waals surface area contributed by atoms with Crippen LogP contribution in [-0.4, -0.2) is 49.0 Å². The highest BCUT2D eigenvalue weighted by Gasteiger charge is 2.27. The minimum atomic E-state index is 0.107. The molecule has 4 rings (SSSR count). The number of likely N-dealkylation sites (N-methyl/N-ethyl adjacent to an activating group) is 1. The molecule has 5 heteroatoms. The summed E-state index contributed by atoms with van der Waals surface area (Å²) in [6.45, 7) is 3.60. The summed E-state index contributed by atoms with van der Waals surface area (Å²) in [4.78, 5) is 22.3. The van der Waals surface area contributed by atoms with E-state index in [1.54, 1.807) is 0 Å². The Hall–Kier alpha value is -2.50. The molecule has 1 aliphatic rings. The second-order valence-corrected chi connectivity index (χ2v) is 7.68. The van der Waals surface area contributed by atoms with Gasteiger partial charge in [0.2, 0.25) is 0 Å². The largest absolute Gasteiger partial charge is 0.334 e. The van der Waals surface area contributed by atoms with Crippen molar-refractivity contribution in [3.05, 3.63) is 65.5 Å². The van der Waals surface area contributed by atoms with Crippen LogP contribution in [0, 0.1) is 0 Å². The van der Waals surface area contributed by atoms with Crippen LogP contribution in [0.25, 0.3) is 21.8 Å². The molecular weight excluding hydrogens is 342 g/mol. The van der Waals surface area contributed by atoms with Gasteiger partial charge in [0.1, 0.15) is 9.88 Å². The van der Waals surface area contributed by atoms with E-state index in [2.05, 4.69) is 7.05 Å². The summed E-state index contributed by atoms with van der Waals surface area (Å²) in [5.41, 5.74) is 2.84. The molecule has 1 amide bonds. The molecule has 0 aliphatic carbocycles. The number of piperazine rings is 1. The van der Waals surface area contributed by atoms with Crippen molar-refractivity contribution in [1.29, 1.82) is 0 Å². The standard InChI is InChI=1S/C21H21N3OS/c1-23-12-14-24(15-13-23)21(25)19-18(16-8-4-2-5-9-16)22-20(26-19)17-10-6-3-7-11-17/h2-11H,12-15H2,1H3/p+1. The number of benzene rings is 2. The highest BCUT2D eigenvalue weighted by atomic mass is 32.1. The number of aromatic nitrogens is 1. The van der Waals surface area contributed by atoms with Gasteiger partial charge in [-0.1, -0.05) is 60.7 Å². The Bertz CT molecular complexity index is 884. The maximum atomic E-state index is 13.2. The summed E-state index contributed by atoms with van der Waals surface area (Å²) in [5.74, 6) is 0.107. The van der Waals surface area contributed by atoms with Crippen LogP contribution >= 0.6 is 11.3 Å². The van der Waals surface area contributed by atoms with Crippen LogP contribution in [0.2, 0.25) is 0 Å². The molecule has 132 valence electrons. The number of carbonyl (C=O) groups excluding carboxylic acids is 1. The van der Waals surface area contributed by atoms with E-state index in [9.17, 15) is 4.79 Å². The first kappa shape index (κ1) is 16.9. The molecule has 0 atom stereocenters. The average molecular weight is 364 g/mol. The Balaban J connectivity index is 1.74. The number of nitrogens with one attached hydrogen (secondary N) is 1. The minimum Gasteiger partial charge on any atom is -0.334 e. The van der Waals surface area contributed by atoms with Gasteiger partial charge in [-0.15, -0.1) is 11.3 Å². The fourth-order valence-electron chi connectivity index (χ4n) is 3.20. The molecule has 1 N–H and O–H groups in total. The summed E-state index contributed by atoms with van der Waals surface area (Å²) in [7, 11) is 2.18. The molecule has 26 heavy (non-hydrogen) atoms.